The molecule has 0 aliphatic heterocycles. The molecule has 2 aromatic rings. The number of nitrogens with one attached hydrogen (secondary N) is 1. The van der Waals surface area contributed by atoms with Gasteiger partial charge in [0.2, 0.25) is 11.8 Å². The van der Waals surface area contributed by atoms with Crippen molar-refractivity contribution < 1.29 is 14.3 Å². The van der Waals surface area contributed by atoms with Crippen molar-refractivity contribution in [2.75, 3.05) is 19.5 Å². The number of nitrogens with zero attached hydrogens (tertiary/aromatic N) is 1. The fourth-order valence-corrected chi connectivity index (χ4v) is 2.91. The molecule has 2 amide bonds. The lowest BCUT2D eigenvalue weighted by molar-refractivity contribution is -0.141. The molecule has 0 unspecified atom stereocenters. The molecule has 5 nitrogen and oxygen atoms in total. The minimum Gasteiger partial charge on any atom is -0.497 e. The molecule has 0 spiro atoms. The molecule has 0 radical (unpaired) electrons. The van der Waals surface area contributed by atoms with Gasteiger partial charge in [0.1, 0.15) is 11.2 Å². The first-order valence-corrected chi connectivity index (χ1v) is 8.30. The third-order valence-corrected chi connectivity index (χ3v) is 4.53. The smallest absolute Gasteiger partial charge is 0.240 e. The minimum absolute atomic E-state index is 0.128. The van der Waals surface area contributed by atoms with E-state index < -0.39 is 5.41 Å². The first-order valence-electron chi connectivity index (χ1n) is 8.30. The summed E-state index contributed by atoms with van der Waals surface area (Å²) in [5.41, 5.74) is 0.739. The number of ether oxygens (including phenoxy) is 1. The van der Waals surface area contributed by atoms with Gasteiger partial charge in [-0.15, -0.1) is 0 Å². The minimum atomic E-state index is -0.938. The van der Waals surface area contributed by atoms with E-state index in [1.807, 2.05) is 30.3 Å². The van der Waals surface area contributed by atoms with Crippen molar-refractivity contribution in [3.63, 3.8) is 0 Å². The van der Waals surface area contributed by atoms with Crippen LogP contribution >= 0.6 is 0 Å². The molecule has 25 heavy (non-hydrogen) atoms. The number of amides is 2. The van der Waals surface area contributed by atoms with Crippen molar-refractivity contribution in [3.8, 4) is 5.75 Å². The molecule has 0 aromatic heterocycles. The lowest BCUT2D eigenvalue weighted by Gasteiger charge is -2.23. The molecule has 2 aromatic carbocycles. The van der Waals surface area contributed by atoms with Crippen LogP contribution in [0.4, 0.5) is 5.69 Å². The Labute approximate surface area is 147 Å². The van der Waals surface area contributed by atoms with Crippen LogP contribution in [0.2, 0.25) is 0 Å². The third-order valence-electron chi connectivity index (χ3n) is 4.53. The van der Waals surface area contributed by atoms with Gasteiger partial charge in [-0.2, -0.15) is 0 Å². The second-order valence-corrected chi connectivity index (χ2v) is 6.42. The first-order chi connectivity index (χ1) is 12.0. The van der Waals surface area contributed by atoms with Crippen molar-refractivity contribution in [2.45, 2.75) is 19.4 Å². The summed E-state index contributed by atoms with van der Waals surface area (Å²) in [6, 6.07) is 16.9. The van der Waals surface area contributed by atoms with Gasteiger partial charge in [0, 0.05) is 25.3 Å². The molecule has 1 saturated carbocycles. The molecule has 3 rings (SSSR count). The number of rotatable bonds is 6. The molecular formula is C20H22N2O3. The zero-order valence-corrected chi connectivity index (χ0v) is 14.5. The van der Waals surface area contributed by atoms with Gasteiger partial charge < -0.3 is 15.0 Å². The Morgan fingerprint density at radius 1 is 1.12 bits per heavy atom. The average molecular weight is 338 g/mol. The summed E-state index contributed by atoms with van der Waals surface area (Å²) >= 11 is 0. The van der Waals surface area contributed by atoms with Gasteiger partial charge in [-0.05, 0) is 30.5 Å². The highest BCUT2D eigenvalue weighted by Crippen LogP contribution is 2.48. The summed E-state index contributed by atoms with van der Waals surface area (Å²) in [6.07, 6.45) is 1.17. The SMILES string of the molecule is COc1cccc(NC(=O)C2(C(=O)N(C)Cc3ccccc3)CC2)c1. The summed E-state index contributed by atoms with van der Waals surface area (Å²) in [4.78, 5) is 27.2. The van der Waals surface area contributed by atoms with E-state index in [0.717, 1.165) is 5.56 Å². The number of benzene rings is 2. The van der Waals surface area contributed by atoms with Gasteiger partial charge in [-0.3, -0.25) is 9.59 Å². The van der Waals surface area contributed by atoms with Crippen LogP contribution in [-0.4, -0.2) is 30.9 Å². The molecule has 1 N–H and O–H groups in total. The molecule has 1 aliphatic carbocycles. The standard InChI is InChI=1S/C20H22N2O3/c1-22(14-15-7-4-3-5-8-15)19(24)20(11-12-20)18(23)21-16-9-6-10-17(13-16)25-2/h3-10,13H,11-12,14H2,1-2H3,(H,21,23). The molecule has 130 valence electrons. The van der Waals surface area contributed by atoms with E-state index >= 15 is 0 Å². The Morgan fingerprint density at radius 2 is 1.84 bits per heavy atom. The van der Waals surface area contributed by atoms with E-state index in [2.05, 4.69) is 5.32 Å². The third kappa shape index (κ3) is 3.65. The second-order valence-electron chi connectivity index (χ2n) is 6.42. The van der Waals surface area contributed by atoms with Gasteiger partial charge in [-0.25, -0.2) is 0 Å². The van der Waals surface area contributed by atoms with Crippen LogP contribution in [-0.2, 0) is 16.1 Å². The maximum Gasteiger partial charge on any atom is 0.240 e. The monoisotopic (exact) mass is 338 g/mol. The summed E-state index contributed by atoms with van der Waals surface area (Å²) in [5, 5.41) is 2.85. The van der Waals surface area contributed by atoms with Crippen molar-refractivity contribution in [1.82, 2.24) is 4.90 Å². The van der Waals surface area contributed by atoms with Crippen LogP contribution in [0.3, 0.4) is 0 Å². The predicted octanol–water partition coefficient (Wildman–Crippen LogP) is 3.07. The van der Waals surface area contributed by atoms with Gasteiger partial charge in [0.15, 0.2) is 0 Å². The van der Waals surface area contributed by atoms with Crippen LogP contribution in [0.15, 0.2) is 54.6 Å². The quantitative estimate of drug-likeness (QED) is 0.824. The van der Waals surface area contributed by atoms with Crippen LogP contribution < -0.4 is 10.1 Å². The summed E-state index contributed by atoms with van der Waals surface area (Å²) < 4.78 is 5.16. The summed E-state index contributed by atoms with van der Waals surface area (Å²) in [5.74, 6) is 0.289. The zero-order chi connectivity index (χ0) is 17.9. The van der Waals surface area contributed by atoms with Crippen molar-refractivity contribution in [1.29, 1.82) is 0 Å². The Morgan fingerprint density at radius 3 is 2.48 bits per heavy atom. The Kier molecular flexibility index (Phi) is 4.74. The number of hydrogen-bond donors (Lipinski definition) is 1. The Balaban J connectivity index is 1.68. The maximum atomic E-state index is 12.8. The molecular weight excluding hydrogens is 316 g/mol. The number of carbonyl (C=O) groups excluding carboxylic acids is 2. The van der Waals surface area contributed by atoms with Crippen LogP contribution in [0.25, 0.3) is 0 Å². The van der Waals surface area contributed by atoms with Gasteiger partial charge in [0.05, 0.1) is 7.11 Å². The lowest BCUT2D eigenvalue weighted by Crippen LogP contribution is -2.40. The molecule has 1 fully saturated rings. The number of carbonyl (C=O) groups is 2. The molecule has 0 heterocycles. The Hall–Kier alpha value is -2.82. The Bertz CT molecular complexity index is 770. The van der Waals surface area contributed by atoms with Gasteiger partial charge in [-0.1, -0.05) is 36.4 Å². The van der Waals surface area contributed by atoms with E-state index in [1.54, 1.807) is 43.3 Å². The van der Waals surface area contributed by atoms with Crippen LogP contribution in [0.1, 0.15) is 18.4 Å². The summed E-state index contributed by atoms with van der Waals surface area (Å²) in [6.45, 7) is 0.494. The second kappa shape index (κ2) is 6.97. The molecule has 1 aliphatic rings. The molecule has 0 atom stereocenters. The van der Waals surface area contributed by atoms with Gasteiger partial charge in [0.25, 0.3) is 0 Å². The fraction of sp³-hybridized carbons (Fsp3) is 0.300. The maximum absolute atomic E-state index is 12.8. The highest BCUT2D eigenvalue weighted by Gasteiger charge is 2.57. The number of methoxy groups -OCH3 is 1. The molecule has 5 heteroatoms. The van der Waals surface area contributed by atoms with E-state index in [4.69, 9.17) is 4.74 Å². The van der Waals surface area contributed by atoms with E-state index in [0.29, 0.717) is 30.8 Å². The largest absolute Gasteiger partial charge is 0.497 e. The lowest BCUT2D eigenvalue weighted by atomic mass is 10.0. The van der Waals surface area contributed by atoms with Crippen molar-refractivity contribution >= 4 is 17.5 Å². The highest BCUT2D eigenvalue weighted by molar-refractivity contribution is 6.13. The molecule has 0 bridgehead atoms. The number of anilines is 1. The van der Waals surface area contributed by atoms with Crippen molar-refractivity contribution in [2.24, 2.45) is 5.41 Å². The van der Waals surface area contributed by atoms with E-state index in [9.17, 15) is 9.59 Å². The first kappa shape index (κ1) is 17.0. The predicted molar refractivity (Wildman–Crippen MR) is 96.2 cm³/mol. The van der Waals surface area contributed by atoms with Gasteiger partial charge >= 0.3 is 0 Å². The van der Waals surface area contributed by atoms with E-state index in [1.165, 1.54) is 0 Å². The normalized spacial score (nSPS) is 14.5. The average Bonchev–Trinajstić information content (AvgIpc) is 3.44. The zero-order valence-electron chi connectivity index (χ0n) is 14.5. The van der Waals surface area contributed by atoms with Crippen molar-refractivity contribution in [3.05, 3.63) is 60.2 Å². The summed E-state index contributed by atoms with van der Waals surface area (Å²) in [7, 11) is 3.32. The molecule has 0 saturated heterocycles. The van der Waals surface area contributed by atoms with Crippen LogP contribution in [0, 0.1) is 5.41 Å². The number of hydrogen-bond acceptors (Lipinski definition) is 3. The fourth-order valence-electron chi connectivity index (χ4n) is 2.91. The van der Waals surface area contributed by atoms with E-state index in [-0.39, 0.29) is 11.8 Å². The topological polar surface area (TPSA) is 58.6 Å². The van der Waals surface area contributed by atoms with Crippen LogP contribution in [0.5, 0.6) is 5.75 Å². The highest BCUT2D eigenvalue weighted by atomic mass is 16.5.